The van der Waals surface area contributed by atoms with Crippen LogP contribution in [0, 0.1) is 34.0 Å². The Hall–Kier alpha value is -2.06. The van der Waals surface area contributed by atoms with Gasteiger partial charge in [0.15, 0.2) is 5.78 Å². The molecule has 2 spiro atoms. The largest absolute Gasteiger partial charge is 0.465 e. The third-order valence-electron chi connectivity index (χ3n) is 8.35. The van der Waals surface area contributed by atoms with Gasteiger partial charge in [0.05, 0.1) is 25.4 Å². The first-order chi connectivity index (χ1) is 14.0. The van der Waals surface area contributed by atoms with Gasteiger partial charge in [-0.15, -0.1) is 0 Å². The van der Waals surface area contributed by atoms with E-state index in [2.05, 4.69) is 6.58 Å². The molecule has 2 N–H and O–H groups in total. The standard InChI is InChI=1S/C22H28O8/c1-11-13-6-14(25)17-21(10-30-19(28)22(17,7-13)18(11)27)5-4-16(26)20(3,15(21)8-23)9-29-12(2)24/h8,13-17,25-26H,1,4-7,9-10H2,2-3H3. The van der Waals surface area contributed by atoms with Crippen LogP contribution in [0.3, 0.4) is 0 Å². The van der Waals surface area contributed by atoms with Crippen molar-refractivity contribution in [3.8, 4) is 0 Å². The van der Waals surface area contributed by atoms with Crippen LogP contribution in [0.1, 0.15) is 39.5 Å². The molecule has 164 valence electrons. The number of allylic oxidation sites excluding steroid dienone is 1. The fourth-order valence-electron chi connectivity index (χ4n) is 6.92. The highest BCUT2D eigenvalue weighted by atomic mass is 16.5. The van der Waals surface area contributed by atoms with Crippen molar-refractivity contribution < 1.29 is 38.9 Å². The zero-order valence-corrected chi connectivity index (χ0v) is 17.3. The van der Waals surface area contributed by atoms with Crippen LogP contribution < -0.4 is 0 Å². The van der Waals surface area contributed by atoms with Crippen LogP contribution in [-0.4, -0.2) is 59.6 Å². The van der Waals surface area contributed by atoms with Crippen LogP contribution in [0.15, 0.2) is 12.2 Å². The van der Waals surface area contributed by atoms with Crippen molar-refractivity contribution in [3.63, 3.8) is 0 Å². The van der Waals surface area contributed by atoms with Crippen molar-refractivity contribution in [3.05, 3.63) is 12.2 Å². The first-order valence-electron chi connectivity index (χ1n) is 10.4. The molecule has 4 aliphatic rings. The number of Topliss-reactive ketones (excluding diaryl/α,β-unsaturated/α-hetero) is 1. The number of ether oxygens (including phenoxy) is 2. The van der Waals surface area contributed by atoms with Crippen LogP contribution in [0.5, 0.6) is 0 Å². The highest BCUT2D eigenvalue weighted by molar-refractivity contribution is 6.15. The maximum atomic E-state index is 13.2. The Morgan fingerprint density at radius 1 is 1.37 bits per heavy atom. The molecule has 0 aromatic heterocycles. The van der Waals surface area contributed by atoms with E-state index in [0.717, 1.165) is 0 Å². The number of aliphatic hydroxyl groups is 2. The fraction of sp³-hybridized carbons (Fsp3) is 0.727. The number of esters is 2. The monoisotopic (exact) mass is 420 g/mol. The highest BCUT2D eigenvalue weighted by Gasteiger charge is 2.75. The molecule has 4 rings (SSSR count). The summed E-state index contributed by atoms with van der Waals surface area (Å²) < 4.78 is 10.7. The highest BCUT2D eigenvalue weighted by Crippen LogP contribution is 2.67. The first kappa shape index (κ1) is 21.2. The lowest BCUT2D eigenvalue weighted by Crippen LogP contribution is -2.69. The molecule has 1 saturated heterocycles. The first-order valence-corrected chi connectivity index (χ1v) is 10.4. The average Bonchev–Trinajstić information content (AvgIpc) is 2.89. The Balaban J connectivity index is 1.85. The molecular weight excluding hydrogens is 392 g/mol. The predicted molar refractivity (Wildman–Crippen MR) is 102 cm³/mol. The average molecular weight is 420 g/mol. The molecule has 8 nitrogen and oxygen atoms in total. The molecule has 8 atom stereocenters. The van der Waals surface area contributed by atoms with Crippen molar-refractivity contribution in [2.45, 2.75) is 51.7 Å². The quantitative estimate of drug-likeness (QED) is 0.294. The minimum absolute atomic E-state index is 0.133. The minimum Gasteiger partial charge on any atom is -0.465 e. The number of carbonyl (C=O) groups excluding carboxylic acids is 4. The van der Waals surface area contributed by atoms with E-state index in [1.807, 2.05) is 0 Å². The van der Waals surface area contributed by atoms with E-state index in [1.165, 1.54) is 6.92 Å². The number of carbonyl (C=O) groups is 4. The molecule has 4 fully saturated rings. The summed E-state index contributed by atoms with van der Waals surface area (Å²) in [7, 11) is 0. The number of rotatable bonds is 3. The van der Waals surface area contributed by atoms with Crippen molar-refractivity contribution >= 4 is 24.0 Å². The van der Waals surface area contributed by atoms with Gasteiger partial charge in [-0.3, -0.25) is 14.4 Å². The molecular formula is C22H28O8. The number of hydrogen-bond donors (Lipinski definition) is 2. The molecule has 1 heterocycles. The van der Waals surface area contributed by atoms with Crippen LogP contribution >= 0.6 is 0 Å². The zero-order chi connectivity index (χ0) is 22.1. The van der Waals surface area contributed by atoms with Crippen molar-refractivity contribution in [2.24, 2.45) is 34.0 Å². The Labute approximate surface area is 174 Å². The summed E-state index contributed by atoms with van der Waals surface area (Å²) >= 11 is 0. The van der Waals surface area contributed by atoms with E-state index in [1.54, 1.807) is 6.92 Å². The molecule has 8 unspecified atom stereocenters. The van der Waals surface area contributed by atoms with Crippen molar-refractivity contribution in [1.82, 2.24) is 0 Å². The lowest BCUT2D eigenvalue weighted by atomic mass is 9.43. The van der Waals surface area contributed by atoms with Crippen molar-refractivity contribution in [1.29, 1.82) is 0 Å². The van der Waals surface area contributed by atoms with E-state index in [-0.39, 0.29) is 32.0 Å². The second-order valence-electron chi connectivity index (χ2n) is 9.77. The smallest absolute Gasteiger partial charge is 0.320 e. The normalized spacial score (nSPS) is 47.6. The maximum Gasteiger partial charge on any atom is 0.320 e. The molecule has 0 radical (unpaired) electrons. The Kier molecular flexibility index (Phi) is 4.74. The number of cyclic esters (lactones) is 1. The fourth-order valence-corrected chi connectivity index (χ4v) is 6.92. The maximum absolute atomic E-state index is 13.2. The van der Waals surface area contributed by atoms with Crippen LogP contribution in [0.4, 0.5) is 0 Å². The Morgan fingerprint density at radius 2 is 2.07 bits per heavy atom. The van der Waals surface area contributed by atoms with E-state index in [4.69, 9.17) is 9.47 Å². The molecule has 3 saturated carbocycles. The van der Waals surface area contributed by atoms with Crippen LogP contribution in [0.2, 0.25) is 0 Å². The number of aliphatic hydroxyl groups excluding tert-OH is 2. The summed E-state index contributed by atoms with van der Waals surface area (Å²) in [5, 5.41) is 21.9. The zero-order valence-electron chi connectivity index (χ0n) is 17.3. The van der Waals surface area contributed by atoms with Gasteiger partial charge in [0.2, 0.25) is 0 Å². The van der Waals surface area contributed by atoms with E-state index >= 15 is 0 Å². The summed E-state index contributed by atoms with van der Waals surface area (Å²) in [4.78, 5) is 50.1. The van der Waals surface area contributed by atoms with Gasteiger partial charge in [0.25, 0.3) is 0 Å². The second kappa shape index (κ2) is 6.72. The summed E-state index contributed by atoms with van der Waals surface area (Å²) in [5.41, 5.74) is -3.42. The molecule has 0 aromatic carbocycles. The van der Waals surface area contributed by atoms with Crippen LogP contribution in [-0.2, 0) is 28.7 Å². The second-order valence-corrected chi connectivity index (χ2v) is 9.77. The lowest BCUT2D eigenvalue weighted by molar-refractivity contribution is -0.240. The molecule has 2 bridgehead atoms. The van der Waals surface area contributed by atoms with Crippen LogP contribution in [0.25, 0.3) is 0 Å². The molecule has 0 amide bonds. The Bertz CT molecular complexity index is 835. The molecule has 3 aliphatic carbocycles. The van der Waals surface area contributed by atoms with Gasteiger partial charge in [-0.1, -0.05) is 13.5 Å². The van der Waals surface area contributed by atoms with E-state index in [0.29, 0.717) is 24.7 Å². The Morgan fingerprint density at radius 3 is 2.70 bits per heavy atom. The van der Waals surface area contributed by atoms with Gasteiger partial charge in [0, 0.05) is 29.6 Å². The lowest BCUT2D eigenvalue weighted by Gasteiger charge is -2.61. The third kappa shape index (κ3) is 2.46. The van der Waals surface area contributed by atoms with Gasteiger partial charge in [-0.25, -0.2) is 0 Å². The predicted octanol–water partition coefficient (Wildman–Crippen LogP) is 0.581. The van der Waals surface area contributed by atoms with E-state index in [9.17, 15) is 29.4 Å². The summed E-state index contributed by atoms with van der Waals surface area (Å²) in [6.07, 6.45) is -0.148. The van der Waals surface area contributed by atoms with Gasteiger partial charge in [0.1, 0.15) is 11.7 Å². The van der Waals surface area contributed by atoms with Crippen molar-refractivity contribution in [2.75, 3.05) is 13.2 Å². The van der Waals surface area contributed by atoms with E-state index < -0.39 is 58.0 Å². The summed E-state index contributed by atoms with van der Waals surface area (Å²) in [6, 6.07) is 0. The van der Waals surface area contributed by atoms with Gasteiger partial charge < -0.3 is 24.5 Å². The minimum atomic E-state index is -1.55. The summed E-state index contributed by atoms with van der Waals surface area (Å²) in [5.74, 6) is -3.62. The SMILES string of the molecule is C=C1C(=O)C23CC1CC(O)C2C1(CCC(O)C(C)(COC(C)=O)C1C=O)COC3=O. The number of hydrogen-bond acceptors (Lipinski definition) is 8. The molecule has 0 aromatic rings. The summed E-state index contributed by atoms with van der Waals surface area (Å²) in [6.45, 7) is 6.44. The topological polar surface area (TPSA) is 127 Å². The molecule has 30 heavy (non-hydrogen) atoms. The van der Waals surface area contributed by atoms with Gasteiger partial charge in [-0.05, 0) is 37.2 Å². The van der Waals surface area contributed by atoms with Gasteiger partial charge in [-0.2, -0.15) is 0 Å². The molecule has 8 heteroatoms. The number of aldehydes is 1. The number of ketones is 1. The van der Waals surface area contributed by atoms with Gasteiger partial charge >= 0.3 is 11.9 Å². The molecule has 1 aliphatic heterocycles. The number of fused-ring (bicyclic) bond motifs is 2. The third-order valence-corrected chi connectivity index (χ3v) is 8.35.